The van der Waals surface area contributed by atoms with Gasteiger partial charge in [0.2, 0.25) is 0 Å². The van der Waals surface area contributed by atoms with Crippen LogP contribution in [0.25, 0.3) is 0 Å². The van der Waals surface area contributed by atoms with E-state index >= 15 is 0 Å². The monoisotopic (exact) mass is 324 g/mol. The Hall–Kier alpha value is -1.91. The summed E-state index contributed by atoms with van der Waals surface area (Å²) in [6.45, 7) is 0. The molecule has 2 aromatic rings. The average molecular weight is 325 g/mol. The topological polar surface area (TPSA) is 42.8 Å². The highest BCUT2D eigenvalue weighted by Crippen LogP contribution is 2.36. The number of methoxy groups -OCH3 is 2. The number of halogens is 2. The Morgan fingerprint density at radius 1 is 1.00 bits per heavy atom. The third kappa shape index (κ3) is 3.80. The second-order valence-corrected chi connectivity index (χ2v) is 4.90. The number of hydrogen-bond donors (Lipinski definition) is 1. The highest BCUT2D eigenvalue weighted by Gasteiger charge is 2.11. The molecule has 0 saturated carbocycles. The van der Waals surface area contributed by atoms with Crippen molar-refractivity contribution in [3.63, 3.8) is 0 Å². The van der Waals surface area contributed by atoms with Gasteiger partial charge in [-0.1, -0.05) is 23.2 Å². The maximum atomic E-state index is 6.25. The zero-order valence-electron chi connectivity index (χ0n) is 11.6. The van der Waals surface area contributed by atoms with Crippen LogP contribution in [0.1, 0.15) is 5.56 Å². The van der Waals surface area contributed by atoms with E-state index in [-0.39, 0.29) is 0 Å². The van der Waals surface area contributed by atoms with Crippen LogP contribution in [-0.2, 0) is 0 Å². The van der Waals surface area contributed by atoms with Gasteiger partial charge in [-0.05, 0) is 36.4 Å². The summed E-state index contributed by atoms with van der Waals surface area (Å²) in [6.07, 6.45) is 1.61. The summed E-state index contributed by atoms with van der Waals surface area (Å²) in [7, 11) is 3.10. The molecule has 0 aliphatic carbocycles. The lowest BCUT2D eigenvalue weighted by Gasteiger charge is -2.10. The fourth-order valence-corrected chi connectivity index (χ4v) is 2.11. The Morgan fingerprint density at radius 2 is 1.71 bits per heavy atom. The Morgan fingerprint density at radius 3 is 2.33 bits per heavy atom. The first-order valence-corrected chi connectivity index (χ1v) is 6.86. The molecule has 0 saturated heterocycles. The molecule has 6 heteroatoms. The van der Waals surface area contributed by atoms with E-state index in [1.165, 1.54) is 7.11 Å². The van der Waals surface area contributed by atoms with Gasteiger partial charge in [-0.25, -0.2) is 0 Å². The standard InChI is InChI=1S/C15H14Cl2N2O2/c1-20-13-8-3-10(14(17)15(13)21-2)9-18-19-12-6-4-11(16)5-7-12/h3-9,19H,1-2H3/b18-9+. The fraction of sp³-hybridized carbons (Fsp3) is 0.133. The lowest BCUT2D eigenvalue weighted by atomic mass is 10.2. The average Bonchev–Trinajstić information content (AvgIpc) is 2.50. The van der Waals surface area contributed by atoms with Crippen molar-refractivity contribution < 1.29 is 9.47 Å². The van der Waals surface area contributed by atoms with E-state index in [4.69, 9.17) is 32.7 Å². The fourth-order valence-electron chi connectivity index (χ4n) is 1.70. The minimum Gasteiger partial charge on any atom is -0.493 e. The van der Waals surface area contributed by atoms with E-state index in [2.05, 4.69) is 10.5 Å². The van der Waals surface area contributed by atoms with Crippen LogP contribution in [0.5, 0.6) is 11.5 Å². The van der Waals surface area contributed by atoms with E-state index < -0.39 is 0 Å². The van der Waals surface area contributed by atoms with Crippen molar-refractivity contribution in [1.29, 1.82) is 0 Å². The Labute approximate surface area is 133 Å². The third-order valence-electron chi connectivity index (χ3n) is 2.76. The number of hydrazone groups is 1. The molecule has 0 bridgehead atoms. The molecule has 2 aromatic carbocycles. The van der Waals surface area contributed by atoms with Crippen LogP contribution in [0.2, 0.25) is 10.0 Å². The van der Waals surface area contributed by atoms with Crippen LogP contribution >= 0.6 is 23.2 Å². The molecule has 0 spiro atoms. The molecule has 0 atom stereocenters. The molecule has 0 unspecified atom stereocenters. The van der Waals surface area contributed by atoms with Crippen molar-refractivity contribution in [3.05, 3.63) is 52.0 Å². The zero-order valence-corrected chi connectivity index (χ0v) is 13.1. The minimum absolute atomic E-state index is 0.443. The second-order valence-electron chi connectivity index (χ2n) is 4.08. The Kier molecular flexibility index (Phi) is 5.31. The number of hydrogen-bond acceptors (Lipinski definition) is 4. The largest absolute Gasteiger partial charge is 0.493 e. The molecular formula is C15H14Cl2N2O2. The lowest BCUT2D eigenvalue weighted by molar-refractivity contribution is 0.355. The maximum Gasteiger partial charge on any atom is 0.180 e. The molecule has 0 heterocycles. The van der Waals surface area contributed by atoms with Crippen molar-refractivity contribution >= 4 is 35.1 Å². The quantitative estimate of drug-likeness (QED) is 0.652. The van der Waals surface area contributed by atoms with Gasteiger partial charge in [0.25, 0.3) is 0 Å². The Balaban J connectivity index is 2.15. The third-order valence-corrected chi connectivity index (χ3v) is 3.40. The molecule has 110 valence electrons. The lowest BCUT2D eigenvalue weighted by Crippen LogP contribution is -1.96. The van der Waals surface area contributed by atoms with Crippen LogP contribution in [0.3, 0.4) is 0 Å². The first-order chi connectivity index (χ1) is 10.2. The molecular weight excluding hydrogens is 311 g/mol. The van der Waals surface area contributed by atoms with Crippen molar-refractivity contribution in [1.82, 2.24) is 0 Å². The molecule has 21 heavy (non-hydrogen) atoms. The van der Waals surface area contributed by atoms with E-state index in [1.807, 2.05) is 12.1 Å². The normalized spacial score (nSPS) is 10.7. The van der Waals surface area contributed by atoms with Gasteiger partial charge in [0.15, 0.2) is 11.5 Å². The van der Waals surface area contributed by atoms with E-state index in [9.17, 15) is 0 Å². The summed E-state index contributed by atoms with van der Waals surface area (Å²) >= 11 is 12.1. The Bertz CT molecular complexity index is 643. The van der Waals surface area contributed by atoms with Gasteiger partial charge in [0, 0.05) is 10.6 Å². The molecule has 0 aromatic heterocycles. The van der Waals surface area contributed by atoms with Gasteiger partial charge in [-0.2, -0.15) is 5.10 Å². The summed E-state index contributed by atoms with van der Waals surface area (Å²) in [5, 5.41) is 5.25. The zero-order chi connectivity index (χ0) is 15.2. The summed E-state index contributed by atoms with van der Waals surface area (Å²) in [6, 6.07) is 10.8. The molecule has 1 N–H and O–H groups in total. The van der Waals surface area contributed by atoms with Crippen LogP contribution in [0.15, 0.2) is 41.5 Å². The van der Waals surface area contributed by atoms with Gasteiger partial charge in [0.1, 0.15) is 0 Å². The predicted octanol–water partition coefficient (Wildman–Crippen LogP) is 4.46. The van der Waals surface area contributed by atoms with Gasteiger partial charge in [-0.3, -0.25) is 5.43 Å². The van der Waals surface area contributed by atoms with Crippen molar-refractivity contribution in [2.75, 3.05) is 19.6 Å². The summed E-state index contributed by atoms with van der Waals surface area (Å²) < 4.78 is 10.4. The smallest absolute Gasteiger partial charge is 0.180 e. The molecule has 0 radical (unpaired) electrons. The SMILES string of the molecule is COc1ccc(/C=N/Nc2ccc(Cl)cc2)c(Cl)c1OC. The number of ether oxygens (including phenoxy) is 2. The van der Waals surface area contributed by atoms with Gasteiger partial charge >= 0.3 is 0 Å². The van der Waals surface area contributed by atoms with Crippen molar-refractivity contribution in [2.24, 2.45) is 5.10 Å². The predicted molar refractivity (Wildman–Crippen MR) is 87.2 cm³/mol. The number of anilines is 1. The number of rotatable bonds is 5. The summed E-state index contributed by atoms with van der Waals surface area (Å²) in [4.78, 5) is 0. The highest BCUT2D eigenvalue weighted by molar-refractivity contribution is 6.34. The van der Waals surface area contributed by atoms with Crippen LogP contribution in [0.4, 0.5) is 5.69 Å². The van der Waals surface area contributed by atoms with Crippen LogP contribution in [0, 0.1) is 0 Å². The number of nitrogens with one attached hydrogen (secondary N) is 1. The van der Waals surface area contributed by atoms with Crippen LogP contribution < -0.4 is 14.9 Å². The van der Waals surface area contributed by atoms with E-state index in [1.54, 1.807) is 37.6 Å². The van der Waals surface area contributed by atoms with Crippen molar-refractivity contribution in [3.8, 4) is 11.5 Å². The van der Waals surface area contributed by atoms with Gasteiger partial charge in [-0.15, -0.1) is 0 Å². The van der Waals surface area contributed by atoms with Crippen molar-refractivity contribution in [2.45, 2.75) is 0 Å². The minimum atomic E-state index is 0.443. The van der Waals surface area contributed by atoms with E-state index in [0.29, 0.717) is 21.5 Å². The summed E-state index contributed by atoms with van der Waals surface area (Å²) in [5.74, 6) is 1.06. The first kappa shape index (κ1) is 15.5. The first-order valence-electron chi connectivity index (χ1n) is 6.11. The van der Waals surface area contributed by atoms with Crippen LogP contribution in [-0.4, -0.2) is 20.4 Å². The summed E-state index contributed by atoms with van der Waals surface area (Å²) in [5.41, 5.74) is 4.44. The molecule has 0 aliphatic heterocycles. The number of nitrogens with zero attached hydrogens (tertiary/aromatic N) is 1. The maximum absolute atomic E-state index is 6.25. The molecule has 0 fully saturated rings. The number of benzene rings is 2. The highest BCUT2D eigenvalue weighted by atomic mass is 35.5. The van der Waals surface area contributed by atoms with Gasteiger partial charge in [0.05, 0.1) is 31.1 Å². The second kappa shape index (κ2) is 7.20. The molecule has 4 nitrogen and oxygen atoms in total. The van der Waals surface area contributed by atoms with E-state index in [0.717, 1.165) is 11.3 Å². The molecule has 0 aliphatic rings. The van der Waals surface area contributed by atoms with Gasteiger partial charge < -0.3 is 9.47 Å². The molecule has 2 rings (SSSR count). The molecule has 0 amide bonds.